The summed E-state index contributed by atoms with van der Waals surface area (Å²) in [5.74, 6) is 0. The van der Waals surface area contributed by atoms with Crippen LogP contribution >= 0.6 is 0 Å². The van der Waals surface area contributed by atoms with Gasteiger partial charge in [-0.05, 0) is 26.9 Å². The van der Waals surface area contributed by atoms with E-state index >= 15 is 0 Å². The van der Waals surface area contributed by atoms with Gasteiger partial charge in [-0.2, -0.15) is 0 Å². The molecule has 2 nitrogen and oxygen atoms in total. The number of unbranched alkanes of at least 4 members (excludes halogenated alkanes) is 3. The lowest BCUT2D eigenvalue weighted by Gasteiger charge is -2.11. The summed E-state index contributed by atoms with van der Waals surface area (Å²) in [5.41, 5.74) is 0. The third-order valence-corrected chi connectivity index (χ3v) is 1.91. The Morgan fingerprint density at radius 3 is 2.45 bits per heavy atom. The van der Waals surface area contributed by atoms with Gasteiger partial charge in [0.2, 0.25) is 0 Å². The average Bonchev–Trinajstić information content (AvgIpc) is 2.04. The molecule has 1 unspecified atom stereocenters. The van der Waals surface area contributed by atoms with Crippen molar-refractivity contribution in [3.63, 3.8) is 0 Å². The van der Waals surface area contributed by atoms with Crippen molar-refractivity contribution < 1.29 is 0 Å². The standard InChI is InChI=1S/C9H22N2/c1-4-5-6-7-8-11-9(2)10-3/h9-11H,4-8H2,1-3H3. The van der Waals surface area contributed by atoms with Crippen molar-refractivity contribution in [3.05, 3.63) is 0 Å². The number of hydrogen-bond donors (Lipinski definition) is 2. The fraction of sp³-hybridized carbons (Fsp3) is 1.00. The summed E-state index contributed by atoms with van der Waals surface area (Å²) in [7, 11) is 1.98. The second-order valence-electron chi connectivity index (χ2n) is 3.03. The van der Waals surface area contributed by atoms with Crippen molar-refractivity contribution in [1.82, 2.24) is 10.6 Å². The van der Waals surface area contributed by atoms with Gasteiger partial charge in [0.05, 0.1) is 6.17 Å². The fourth-order valence-corrected chi connectivity index (χ4v) is 0.972. The molecule has 0 aliphatic heterocycles. The van der Waals surface area contributed by atoms with Crippen LogP contribution in [0.1, 0.15) is 39.5 Å². The maximum absolute atomic E-state index is 3.38. The Balaban J connectivity index is 2.89. The van der Waals surface area contributed by atoms with Crippen LogP contribution in [0.4, 0.5) is 0 Å². The first-order valence-electron chi connectivity index (χ1n) is 4.72. The number of nitrogens with one attached hydrogen (secondary N) is 2. The molecular weight excluding hydrogens is 136 g/mol. The Bertz CT molecular complexity index is 74.0. The molecule has 2 N–H and O–H groups in total. The molecule has 0 aromatic heterocycles. The van der Waals surface area contributed by atoms with Gasteiger partial charge in [-0.25, -0.2) is 0 Å². The Hall–Kier alpha value is -0.0800. The van der Waals surface area contributed by atoms with Gasteiger partial charge in [-0.3, -0.25) is 0 Å². The van der Waals surface area contributed by atoms with Crippen LogP contribution in [0.5, 0.6) is 0 Å². The molecule has 1 atom stereocenters. The van der Waals surface area contributed by atoms with Gasteiger partial charge in [0, 0.05) is 0 Å². The van der Waals surface area contributed by atoms with Crippen LogP contribution < -0.4 is 10.6 Å². The molecule has 2 heteroatoms. The summed E-state index contributed by atoms with van der Waals surface area (Å²) in [4.78, 5) is 0. The van der Waals surface area contributed by atoms with Crippen LogP contribution in [0.2, 0.25) is 0 Å². The first-order valence-corrected chi connectivity index (χ1v) is 4.72. The highest BCUT2D eigenvalue weighted by Gasteiger charge is 1.93. The molecule has 0 rings (SSSR count). The van der Waals surface area contributed by atoms with Gasteiger partial charge in [-0.1, -0.05) is 26.2 Å². The maximum atomic E-state index is 3.38. The van der Waals surface area contributed by atoms with E-state index in [1.54, 1.807) is 0 Å². The zero-order valence-electron chi connectivity index (χ0n) is 8.11. The SMILES string of the molecule is CCCCCCNC(C)NC. The molecule has 11 heavy (non-hydrogen) atoms. The van der Waals surface area contributed by atoms with Crippen molar-refractivity contribution in [2.24, 2.45) is 0 Å². The summed E-state index contributed by atoms with van der Waals surface area (Å²) in [6, 6.07) is 0. The molecule has 0 heterocycles. The molecule has 0 saturated heterocycles. The Morgan fingerprint density at radius 2 is 1.91 bits per heavy atom. The summed E-state index contributed by atoms with van der Waals surface area (Å²) < 4.78 is 0. The number of rotatable bonds is 7. The van der Waals surface area contributed by atoms with Crippen LogP contribution in [0.3, 0.4) is 0 Å². The minimum absolute atomic E-state index is 0.455. The second-order valence-corrected chi connectivity index (χ2v) is 3.03. The van der Waals surface area contributed by atoms with Gasteiger partial charge in [0.15, 0.2) is 0 Å². The van der Waals surface area contributed by atoms with E-state index in [0.29, 0.717) is 6.17 Å². The molecular formula is C9H22N2. The topological polar surface area (TPSA) is 24.1 Å². The zero-order chi connectivity index (χ0) is 8.53. The predicted octanol–water partition coefficient (Wildman–Crippen LogP) is 1.72. The second kappa shape index (κ2) is 8.02. The molecule has 0 bridgehead atoms. The van der Waals surface area contributed by atoms with Crippen molar-refractivity contribution in [2.45, 2.75) is 45.7 Å². The summed E-state index contributed by atoms with van der Waals surface area (Å²) in [6.45, 7) is 5.52. The van der Waals surface area contributed by atoms with Crippen molar-refractivity contribution >= 4 is 0 Å². The lowest BCUT2D eigenvalue weighted by atomic mass is 10.2. The van der Waals surface area contributed by atoms with Crippen LogP contribution in [0.15, 0.2) is 0 Å². The Morgan fingerprint density at radius 1 is 1.18 bits per heavy atom. The zero-order valence-corrected chi connectivity index (χ0v) is 8.11. The van der Waals surface area contributed by atoms with E-state index in [9.17, 15) is 0 Å². The average molecular weight is 158 g/mol. The molecule has 0 fully saturated rings. The minimum Gasteiger partial charge on any atom is -0.305 e. The summed E-state index contributed by atoms with van der Waals surface area (Å²) in [6.07, 6.45) is 5.81. The fourth-order valence-electron chi connectivity index (χ4n) is 0.972. The third-order valence-electron chi connectivity index (χ3n) is 1.91. The Labute approximate surface area is 70.8 Å². The van der Waals surface area contributed by atoms with Crippen molar-refractivity contribution in [1.29, 1.82) is 0 Å². The van der Waals surface area contributed by atoms with Gasteiger partial charge < -0.3 is 10.6 Å². The largest absolute Gasteiger partial charge is 0.305 e. The lowest BCUT2D eigenvalue weighted by molar-refractivity contribution is 0.474. The van der Waals surface area contributed by atoms with Crippen LogP contribution in [-0.4, -0.2) is 19.8 Å². The minimum atomic E-state index is 0.455. The van der Waals surface area contributed by atoms with Crippen LogP contribution in [-0.2, 0) is 0 Å². The van der Waals surface area contributed by atoms with E-state index in [1.165, 1.54) is 25.7 Å². The first kappa shape index (κ1) is 10.9. The van der Waals surface area contributed by atoms with Gasteiger partial charge in [0.1, 0.15) is 0 Å². The van der Waals surface area contributed by atoms with E-state index in [1.807, 2.05) is 7.05 Å². The van der Waals surface area contributed by atoms with Gasteiger partial charge >= 0.3 is 0 Å². The van der Waals surface area contributed by atoms with E-state index in [0.717, 1.165) is 6.54 Å². The van der Waals surface area contributed by atoms with E-state index in [4.69, 9.17) is 0 Å². The normalized spacial score (nSPS) is 13.4. The number of hydrogen-bond acceptors (Lipinski definition) is 2. The molecule has 0 spiro atoms. The van der Waals surface area contributed by atoms with Crippen molar-refractivity contribution in [2.75, 3.05) is 13.6 Å². The third kappa shape index (κ3) is 7.82. The quantitative estimate of drug-likeness (QED) is 0.435. The molecule has 0 aliphatic carbocycles. The van der Waals surface area contributed by atoms with Gasteiger partial charge in [-0.15, -0.1) is 0 Å². The molecule has 0 radical (unpaired) electrons. The molecule has 0 aromatic carbocycles. The van der Waals surface area contributed by atoms with E-state index in [2.05, 4.69) is 24.5 Å². The van der Waals surface area contributed by atoms with Crippen molar-refractivity contribution in [3.8, 4) is 0 Å². The first-order chi connectivity index (χ1) is 5.31. The van der Waals surface area contributed by atoms with Gasteiger partial charge in [0.25, 0.3) is 0 Å². The van der Waals surface area contributed by atoms with Crippen LogP contribution in [0.25, 0.3) is 0 Å². The maximum Gasteiger partial charge on any atom is 0.0540 e. The molecule has 0 aromatic rings. The monoisotopic (exact) mass is 158 g/mol. The van der Waals surface area contributed by atoms with E-state index < -0.39 is 0 Å². The highest BCUT2D eigenvalue weighted by Crippen LogP contribution is 1.96. The molecule has 68 valence electrons. The smallest absolute Gasteiger partial charge is 0.0540 e. The molecule has 0 aliphatic rings. The molecule has 0 amide bonds. The summed E-state index contributed by atoms with van der Waals surface area (Å²) >= 11 is 0. The van der Waals surface area contributed by atoms with Crippen LogP contribution in [0, 0.1) is 0 Å². The highest BCUT2D eigenvalue weighted by molar-refractivity contribution is 4.54. The Kier molecular flexibility index (Phi) is 7.96. The summed E-state index contributed by atoms with van der Waals surface area (Å²) in [5, 5.41) is 6.52. The lowest BCUT2D eigenvalue weighted by Crippen LogP contribution is -2.37. The predicted molar refractivity (Wildman–Crippen MR) is 50.7 cm³/mol. The highest BCUT2D eigenvalue weighted by atomic mass is 15.1. The molecule has 0 saturated carbocycles. The van der Waals surface area contributed by atoms with E-state index in [-0.39, 0.29) is 0 Å².